The number of nitrogen functional groups attached to an aromatic ring is 1. The molecule has 0 unspecified atom stereocenters. The van der Waals surface area contributed by atoms with Gasteiger partial charge in [0.1, 0.15) is 0 Å². The molecule has 0 aliphatic heterocycles. The zero-order chi connectivity index (χ0) is 19.6. The number of para-hydroxylation sites is 1. The van der Waals surface area contributed by atoms with Crippen molar-refractivity contribution in [3.63, 3.8) is 0 Å². The number of carbonyl (C=O) groups excluding carboxylic acids is 1. The van der Waals surface area contributed by atoms with Crippen LogP contribution in [0, 0.1) is 6.92 Å². The standard InChI is InChI=1S/C16H20F3N5OS/c1-8(2)11-7-5-6-9(3)12(11)21-13(25)10(4)26-15-23-22-14(24(15)20)16(17,18)19/h5-8,10H,20H2,1-4H3,(H,21,25)/t10-/m1/s1. The third-order valence-corrected chi connectivity index (χ3v) is 4.80. The van der Waals surface area contributed by atoms with Gasteiger partial charge in [-0.25, -0.2) is 4.68 Å². The van der Waals surface area contributed by atoms with Crippen molar-refractivity contribution in [3.05, 3.63) is 35.2 Å². The fourth-order valence-electron chi connectivity index (χ4n) is 2.33. The van der Waals surface area contributed by atoms with Crippen LogP contribution in [-0.2, 0) is 11.0 Å². The van der Waals surface area contributed by atoms with Crippen molar-refractivity contribution < 1.29 is 18.0 Å². The van der Waals surface area contributed by atoms with Gasteiger partial charge in [0.25, 0.3) is 5.82 Å². The van der Waals surface area contributed by atoms with E-state index in [9.17, 15) is 18.0 Å². The van der Waals surface area contributed by atoms with Crippen molar-refractivity contribution in [2.45, 2.75) is 50.2 Å². The summed E-state index contributed by atoms with van der Waals surface area (Å²) in [5.41, 5.74) is 2.60. The van der Waals surface area contributed by atoms with Gasteiger partial charge >= 0.3 is 6.18 Å². The average molecular weight is 387 g/mol. The molecule has 0 saturated carbocycles. The molecule has 0 radical (unpaired) electrons. The molecule has 142 valence electrons. The lowest BCUT2D eigenvalue weighted by atomic mass is 9.98. The molecule has 1 heterocycles. The minimum atomic E-state index is -4.71. The third-order valence-electron chi connectivity index (χ3n) is 3.74. The van der Waals surface area contributed by atoms with Crippen LogP contribution in [0.25, 0.3) is 0 Å². The number of aryl methyl sites for hydroxylation is 1. The van der Waals surface area contributed by atoms with E-state index in [1.54, 1.807) is 6.92 Å². The Hall–Kier alpha value is -2.23. The predicted octanol–water partition coefficient (Wildman–Crippen LogP) is 3.56. The number of alkyl halides is 3. The summed E-state index contributed by atoms with van der Waals surface area (Å²) in [4.78, 5) is 12.5. The van der Waals surface area contributed by atoms with E-state index in [-0.39, 0.29) is 17.0 Å². The Bertz CT molecular complexity index is 804. The fourth-order valence-corrected chi connectivity index (χ4v) is 3.10. The molecule has 26 heavy (non-hydrogen) atoms. The number of nitrogens with one attached hydrogen (secondary N) is 1. The molecule has 0 spiro atoms. The van der Waals surface area contributed by atoms with Crippen LogP contribution in [0.4, 0.5) is 18.9 Å². The van der Waals surface area contributed by atoms with Crippen LogP contribution in [-0.4, -0.2) is 26.0 Å². The summed E-state index contributed by atoms with van der Waals surface area (Å²) < 4.78 is 38.5. The lowest BCUT2D eigenvalue weighted by Gasteiger charge is -2.18. The molecule has 1 aromatic heterocycles. The molecule has 1 amide bonds. The number of aromatic nitrogens is 3. The van der Waals surface area contributed by atoms with Crippen molar-refractivity contribution in [1.29, 1.82) is 0 Å². The highest BCUT2D eigenvalue weighted by Gasteiger charge is 2.38. The SMILES string of the molecule is Cc1cccc(C(C)C)c1NC(=O)[C@@H](C)Sc1nnc(C(F)(F)F)n1N. The number of hydrogen-bond acceptors (Lipinski definition) is 5. The first-order valence-electron chi connectivity index (χ1n) is 7.87. The van der Waals surface area contributed by atoms with Gasteiger partial charge in [-0.05, 0) is 30.9 Å². The number of benzene rings is 1. The summed E-state index contributed by atoms with van der Waals surface area (Å²) in [6, 6.07) is 5.72. The first-order valence-corrected chi connectivity index (χ1v) is 8.75. The van der Waals surface area contributed by atoms with E-state index in [0.29, 0.717) is 10.4 Å². The second kappa shape index (κ2) is 7.56. The Morgan fingerprint density at radius 1 is 1.27 bits per heavy atom. The van der Waals surface area contributed by atoms with Crippen molar-refractivity contribution in [1.82, 2.24) is 14.9 Å². The average Bonchev–Trinajstić information content (AvgIpc) is 2.89. The number of carbonyl (C=O) groups is 1. The highest BCUT2D eigenvalue weighted by atomic mass is 32.2. The second-order valence-electron chi connectivity index (χ2n) is 6.12. The fraction of sp³-hybridized carbons (Fsp3) is 0.438. The lowest BCUT2D eigenvalue weighted by Crippen LogP contribution is -2.26. The maximum Gasteiger partial charge on any atom is 0.453 e. The molecule has 0 aliphatic rings. The number of nitrogens with two attached hydrogens (primary N) is 1. The Morgan fingerprint density at radius 3 is 2.46 bits per heavy atom. The van der Waals surface area contributed by atoms with Crippen LogP contribution in [0.3, 0.4) is 0 Å². The first kappa shape index (κ1) is 20.1. The van der Waals surface area contributed by atoms with Gasteiger partial charge in [-0.2, -0.15) is 13.2 Å². The molecule has 1 aromatic carbocycles. The Labute approximate surface area is 153 Å². The van der Waals surface area contributed by atoms with E-state index in [0.717, 1.165) is 22.9 Å². The van der Waals surface area contributed by atoms with Crippen LogP contribution < -0.4 is 11.2 Å². The van der Waals surface area contributed by atoms with Gasteiger partial charge in [0, 0.05) is 5.69 Å². The third kappa shape index (κ3) is 4.29. The molecular formula is C16H20F3N5OS. The summed E-state index contributed by atoms with van der Waals surface area (Å²) in [6.45, 7) is 7.47. The summed E-state index contributed by atoms with van der Waals surface area (Å²) in [7, 11) is 0. The van der Waals surface area contributed by atoms with Crippen molar-refractivity contribution in [3.8, 4) is 0 Å². The quantitative estimate of drug-likeness (QED) is 0.605. The van der Waals surface area contributed by atoms with Gasteiger partial charge in [0.05, 0.1) is 5.25 Å². The molecule has 10 heteroatoms. The van der Waals surface area contributed by atoms with Gasteiger partial charge in [-0.1, -0.05) is 43.8 Å². The van der Waals surface area contributed by atoms with E-state index in [2.05, 4.69) is 15.5 Å². The van der Waals surface area contributed by atoms with Gasteiger partial charge in [0.15, 0.2) is 0 Å². The summed E-state index contributed by atoms with van der Waals surface area (Å²) in [5, 5.41) is 8.42. The van der Waals surface area contributed by atoms with Crippen LogP contribution in [0.5, 0.6) is 0 Å². The Balaban J connectivity index is 2.16. The molecule has 2 rings (SSSR count). The van der Waals surface area contributed by atoms with Crippen molar-refractivity contribution in [2.75, 3.05) is 11.2 Å². The predicted molar refractivity (Wildman–Crippen MR) is 94.4 cm³/mol. The minimum Gasteiger partial charge on any atom is -0.335 e. The molecule has 6 nitrogen and oxygen atoms in total. The monoisotopic (exact) mass is 387 g/mol. The largest absolute Gasteiger partial charge is 0.453 e. The summed E-state index contributed by atoms with van der Waals surface area (Å²) in [6.07, 6.45) is -4.71. The smallest absolute Gasteiger partial charge is 0.335 e. The van der Waals surface area contributed by atoms with E-state index in [4.69, 9.17) is 5.84 Å². The summed E-state index contributed by atoms with van der Waals surface area (Å²) in [5.74, 6) is 3.93. The number of hydrogen-bond donors (Lipinski definition) is 2. The van der Waals surface area contributed by atoms with E-state index in [1.165, 1.54) is 0 Å². The zero-order valence-electron chi connectivity index (χ0n) is 14.8. The number of anilines is 1. The highest BCUT2D eigenvalue weighted by Crippen LogP contribution is 2.31. The topological polar surface area (TPSA) is 85.8 Å². The van der Waals surface area contributed by atoms with E-state index < -0.39 is 17.3 Å². The Morgan fingerprint density at radius 2 is 1.92 bits per heavy atom. The molecule has 1 atom stereocenters. The van der Waals surface area contributed by atoms with Crippen LogP contribution in [0.1, 0.15) is 43.6 Å². The van der Waals surface area contributed by atoms with E-state index in [1.807, 2.05) is 39.0 Å². The summed E-state index contributed by atoms with van der Waals surface area (Å²) >= 11 is 0.807. The van der Waals surface area contributed by atoms with Gasteiger partial charge in [0.2, 0.25) is 11.1 Å². The molecule has 0 bridgehead atoms. The molecular weight excluding hydrogens is 367 g/mol. The number of nitrogens with zero attached hydrogens (tertiary/aromatic N) is 3. The van der Waals surface area contributed by atoms with Crippen LogP contribution in [0.15, 0.2) is 23.4 Å². The van der Waals surface area contributed by atoms with Crippen molar-refractivity contribution in [2.24, 2.45) is 0 Å². The van der Waals surface area contributed by atoms with Crippen LogP contribution in [0.2, 0.25) is 0 Å². The second-order valence-corrected chi connectivity index (χ2v) is 7.43. The molecule has 0 fully saturated rings. The normalized spacial score (nSPS) is 13.1. The molecule has 3 N–H and O–H groups in total. The van der Waals surface area contributed by atoms with E-state index >= 15 is 0 Å². The highest BCUT2D eigenvalue weighted by molar-refractivity contribution is 8.00. The lowest BCUT2D eigenvalue weighted by molar-refractivity contribution is -0.146. The number of thioether (sulfide) groups is 1. The molecule has 2 aromatic rings. The Kier molecular flexibility index (Phi) is 5.84. The van der Waals surface area contributed by atoms with Gasteiger partial charge < -0.3 is 11.2 Å². The maximum atomic E-state index is 12.7. The first-order chi connectivity index (χ1) is 12.0. The van der Waals surface area contributed by atoms with Gasteiger partial charge in [-0.15, -0.1) is 10.2 Å². The number of amides is 1. The minimum absolute atomic E-state index is 0.186. The van der Waals surface area contributed by atoms with Gasteiger partial charge in [-0.3, -0.25) is 4.79 Å². The molecule has 0 aliphatic carbocycles. The number of halogens is 3. The maximum absolute atomic E-state index is 12.7. The molecule has 0 saturated heterocycles. The van der Waals surface area contributed by atoms with Crippen molar-refractivity contribution >= 4 is 23.4 Å². The number of rotatable bonds is 5. The van der Waals surface area contributed by atoms with Crippen LogP contribution >= 0.6 is 11.8 Å². The zero-order valence-corrected chi connectivity index (χ0v) is 15.6.